The smallest absolute Gasteiger partial charge is 0.246 e. The van der Waals surface area contributed by atoms with Crippen LogP contribution in [0.3, 0.4) is 0 Å². The maximum absolute atomic E-state index is 12.3. The van der Waals surface area contributed by atoms with Crippen LogP contribution in [0.25, 0.3) is 16.7 Å². The number of benzene rings is 2. The minimum Gasteiger partial charge on any atom is -0.347 e. The lowest BCUT2D eigenvalue weighted by atomic mass is 10.1. The molecule has 0 spiro atoms. The van der Waals surface area contributed by atoms with Crippen molar-refractivity contribution in [1.29, 1.82) is 0 Å². The van der Waals surface area contributed by atoms with Gasteiger partial charge in [0.15, 0.2) is 0 Å². The second-order valence-corrected chi connectivity index (χ2v) is 6.85. The first kappa shape index (κ1) is 18.6. The van der Waals surface area contributed by atoms with Crippen molar-refractivity contribution in [2.45, 2.75) is 26.7 Å². The van der Waals surface area contributed by atoms with E-state index in [4.69, 9.17) is 0 Å². The normalized spacial score (nSPS) is 10.9. The number of hydrogen-bond donors (Lipinski definition) is 2. The number of carbonyl (C=O) groups is 2. The summed E-state index contributed by atoms with van der Waals surface area (Å²) in [6.45, 7) is 4.05. The number of nitrogens with one attached hydrogen (secondary N) is 2. The van der Waals surface area contributed by atoms with Crippen LogP contribution in [0.2, 0.25) is 0 Å². The molecule has 0 aliphatic carbocycles. The van der Waals surface area contributed by atoms with Gasteiger partial charge in [0.25, 0.3) is 0 Å². The molecule has 6 nitrogen and oxygen atoms in total. The Morgan fingerprint density at radius 3 is 2.44 bits per heavy atom. The zero-order valence-electron chi connectivity index (χ0n) is 15.6. The second-order valence-electron chi connectivity index (χ2n) is 6.85. The molecule has 1 heterocycles. The molecular weight excluding hydrogens is 340 g/mol. The van der Waals surface area contributed by atoms with E-state index in [1.807, 2.05) is 59.2 Å². The lowest BCUT2D eigenvalue weighted by molar-refractivity contribution is -0.124. The molecule has 1 aromatic heterocycles. The molecule has 0 bridgehead atoms. The Labute approximate surface area is 158 Å². The number of rotatable bonds is 7. The van der Waals surface area contributed by atoms with Crippen molar-refractivity contribution in [2.24, 2.45) is 5.92 Å². The summed E-state index contributed by atoms with van der Waals surface area (Å²) in [5, 5.41) is 5.48. The van der Waals surface area contributed by atoms with Crippen molar-refractivity contribution in [3.05, 3.63) is 54.6 Å². The Kier molecular flexibility index (Phi) is 5.86. The molecule has 0 fully saturated rings. The van der Waals surface area contributed by atoms with Gasteiger partial charge in [0, 0.05) is 12.1 Å². The highest BCUT2D eigenvalue weighted by Crippen LogP contribution is 2.24. The average molecular weight is 364 g/mol. The minimum atomic E-state index is -0.305. The average Bonchev–Trinajstić information content (AvgIpc) is 3.03. The fourth-order valence-electron chi connectivity index (χ4n) is 2.80. The predicted octanol–water partition coefficient (Wildman–Crippen LogP) is 3.52. The van der Waals surface area contributed by atoms with Crippen LogP contribution in [-0.4, -0.2) is 27.9 Å². The van der Waals surface area contributed by atoms with Crippen LogP contribution >= 0.6 is 0 Å². The number of fused-ring (bicyclic) bond motifs is 1. The summed E-state index contributed by atoms with van der Waals surface area (Å²) in [6, 6.07) is 17.4. The van der Waals surface area contributed by atoms with E-state index in [1.54, 1.807) is 0 Å². The predicted molar refractivity (Wildman–Crippen MR) is 107 cm³/mol. The molecule has 140 valence electrons. The highest BCUT2D eigenvalue weighted by Gasteiger charge is 2.15. The van der Waals surface area contributed by atoms with E-state index in [1.165, 1.54) is 0 Å². The third kappa shape index (κ3) is 4.73. The van der Waals surface area contributed by atoms with Crippen molar-refractivity contribution >= 4 is 28.8 Å². The van der Waals surface area contributed by atoms with Crippen LogP contribution in [0.15, 0.2) is 54.6 Å². The molecule has 0 saturated heterocycles. The molecule has 6 heteroatoms. The number of anilines is 1. The molecule has 0 atom stereocenters. The molecule has 2 aromatic carbocycles. The zero-order valence-corrected chi connectivity index (χ0v) is 15.6. The molecule has 0 radical (unpaired) electrons. The first-order chi connectivity index (χ1) is 13.0. The summed E-state index contributed by atoms with van der Waals surface area (Å²) in [7, 11) is 0. The van der Waals surface area contributed by atoms with Crippen molar-refractivity contribution in [3.63, 3.8) is 0 Å². The van der Waals surface area contributed by atoms with E-state index in [0.29, 0.717) is 18.3 Å². The maximum atomic E-state index is 12.3. The minimum absolute atomic E-state index is 0.0745. The van der Waals surface area contributed by atoms with Gasteiger partial charge in [0.2, 0.25) is 17.8 Å². The van der Waals surface area contributed by atoms with E-state index in [0.717, 1.165) is 23.1 Å². The first-order valence-electron chi connectivity index (χ1n) is 9.14. The van der Waals surface area contributed by atoms with E-state index >= 15 is 0 Å². The van der Waals surface area contributed by atoms with Gasteiger partial charge in [-0.15, -0.1) is 0 Å². The van der Waals surface area contributed by atoms with Gasteiger partial charge in [-0.05, 0) is 36.6 Å². The molecule has 2 N–H and O–H groups in total. The van der Waals surface area contributed by atoms with Crippen LogP contribution in [0, 0.1) is 5.92 Å². The summed E-state index contributed by atoms with van der Waals surface area (Å²) < 4.78 is 1.90. The molecule has 2 amide bonds. The van der Waals surface area contributed by atoms with Gasteiger partial charge < -0.3 is 5.32 Å². The summed E-state index contributed by atoms with van der Waals surface area (Å²) in [5.41, 5.74) is 2.60. The molecule has 0 saturated carbocycles. The number of aromatic nitrogens is 2. The molecular formula is C21H24N4O2. The Bertz CT molecular complexity index is 932. The number of carbonyl (C=O) groups excluding carboxylic acids is 2. The summed E-state index contributed by atoms with van der Waals surface area (Å²) in [6.07, 6.45) is 1.23. The third-order valence-corrected chi connectivity index (χ3v) is 4.22. The number of para-hydroxylation sites is 3. The molecule has 0 aliphatic rings. The van der Waals surface area contributed by atoms with Crippen molar-refractivity contribution < 1.29 is 9.59 Å². The lowest BCUT2D eigenvalue weighted by Crippen LogP contribution is -2.33. The van der Waals surface area contributed by atoms with Gasteiger partial charge in [0.05, 0.1) is 17.6 Å². The Hall–Kier alpha value is -3.15. The molecule has 27 heavy (non-hydrogen) atoms. The fourth-order valence-corrected chi connectivity index (χ4v) is 2.80. The second kappa shape index (κ2) is 8.49. The number of nitrogens with zero attached hydrogens (tertiary/aromatic N) is 2. The topological polar surface area (TPSA) is 76.0 Å². The number of hydrogen-bond acceptors (Lipinski definition) is 3. The molecule has 0 unspecified atom stereocenters. The van der Waals surface area contributed by atoms with Gasteiger partial charge in [-0.25, -0.2) is 4.98 Å². The van der Waals surface area contributed by atoms with Crippen molar-refractivity contribution in [3.8, 4) is 5.69 Å². The van der Waals surface area contributed by atoms with Crippen LogP contribution in [-0.2, 0) is 9.59 Å². The maximum Gasteiger partial charge on any atom is 0.246 e. The number of amides is 2. The highest BCUT2D eigenvalue weighted by atomic mass is 16.2. The molecule has 3 rings (SSSR count). The van der Waals surface area contributed by atoms with E-state index < -0.39 is 0 Å². The lowest BCUT2D eigenvalue weighted by Gasteiger charge is -2.11. The van der Waals surface area contributed by atoms with Gasteiger partial charge in [0.1, 0.15) is 0 Å². The van der Waals surface area contributed by atoms with Gasteiger partial charge in [-0.2, -0.15) is 0 Å². The monoisotopic (exact) mass is 364 g/mol. The summed E-state index contributed by atoms with van der Waals surface area (Å²) in [5.74, 6) is 0.468. The van der Waals surface area contributed by atoms with Crippen LogP contribution < -0.4 is 10.6 Å². The highest BCUT2D eigenvalue weighted by molar-refractivity contribution is 5.95. The van der Waals surface area contributed by atoms with Crippen LogP contribution in [0.1, 0.15) is 26.7 Å². The zero-order chi connectivity index (χ0) is 19.2. The quantitative estimate of drug-likeness (QED) is 0.673. The third-order valence-electron chi connectivity index (χ3n) is 4.22. The van der Waals surface area contributed by atoms with Gasteiger partial charge in [-0.1, -0.05) is 44.2 Å². The Balaban J connectivity index is 1.75. The van der Waals surface area contributed by atoms with E-state index in [9.17, 15) is 9.59 Å². The van der Waals surface area contributed by atoms with Gasteiger partial charge >= 0.3 is 0 Å². The Morgan fingerprint density at radius 1 is 1.00 bits per heavy atom. The van der Waals surface area contributed by atoms with E-state index in [-0.39, 0.29) is 18.4 Å². The van der Waals surface area contributed by atoms with E-state index in [2.05, 4.69) is 29.5 Å². The standard InChI is InChI=1S/C21H24N4O2/c1-15(2)12-13-19(26)22-14-20(27)24-21-23-17-10-6-7-11-18(17)25(21)16-8-4-3-5-9-16/h3-11,15H,12-14H2,1-2H3,(H,22,26)(H,23,24,27). The van der Waals surface area contributed by atoms with Gasteiger partial charge in [-0.3, -0.25) is 19.5 Å². The fraction of sp³-hybridized carbons (Fsp3) is 0.286. The van der Waals surface area contributed by atoms with Crippen LogP contribution in [0.4, 0.5) is 5.95 Å². The SMILES string of the molecule is CC(C)CCC(=O)NCC(=O)Nc1nc2ccccc2n1-c1ccccc1. The Morgan fingerprint density at radius 2 is 1.70 bits per heavy atom. The summed E-state index contributed by atoms with van der Waals surface area (Å²) in [4.78, 5) is 28.7. The largest absolute Gasteiger partial charge is 0.347 e. The molecule has 0 aliphatic heterocycles. The van der Waals surface area contributed by atoms with Crippen molar-refractivity contribution in [2.75, 3.05) is 11.9 Å². The molecule has 3 aromatic rings. The number of imidazole rings is 1. The summed E-state index contributed by atoms with van der Waals surface area (Å²) >= 11 is 0. The van der Waals surface area contributed by atoms with Crippen LogP contribution in [0.5, 0.6) is 0 Å². The van der Waals surface area contributed by atoms with Crippen molar-refractivity contribution in [1.82, 2.24) is 14.9 Å². The first-order valence-corrected chi connectivity index (χ1v) is 9.14.